The van der Waals surface area contributed by atoms with Gasteiger partial charge in [-0.3, -0.25) is 9.59 Å². The molecular formula is C12H18N6O2. The number of carbonyl (C=O) groups is 2. The summed E-state index contributed by atoms with van der Waals surface area (Å²) in [7, 11) is 3.28. The molecular weight excluding hydrogens is 260 g/mol. The third-order valence-electron chi connectivity index (χ3n) is 4.64. The Morgan fingerprint density at radius 2 is 1.95 bits per heavy atom. The molecule has 2 aliphatic carbocycles. The van der Waals surface area contributed by atoms with Gasteiger partial charge < -0.3 is 10.6 Å². The fraction of sp³-hybridized carbons (Fsp3) is 0.750. The van der Waals surface area contributed by atoms with Crippen molar-refractivity contribution in [1.82, 2.24) is 30.8 Å². The van der Waals surface area contributed by atoms with E-state index >= 15 is 0 Å². The normalized spacial score (nSPS) is 31.3. The van der Waals surface area contributed by atoms with Crippen molar-refractivity contribution < 1.29 is 9.59 Å². The summed E-state index contributed by atoms with van der Waals surface area (Å²) in [5.74, 6) is -0.150. The van der Waals surface area contributed by atoms with Gasteiger partial charge in [0.15, 0.2) is 0 Å². The zero-order valence-corrected chi connectivity index (χ0v) is 11.6. The van der Waals surface area contributed by atoms with Crippen LogP contribution >= 0.6 is 0 Å². The highest BCUT2D eigenvalue weighted by atomic mass is 16.2. The maximum Gasteiger partial charge on any atom is 0.293 e. The molecule has 1 aromatic rings. The van der Waals surface area contributed by atoms with Gasteiger partial charge in [0.05, 0.1) is 12.5 Å². The minimum absolute atomic E-state index is 0.0752. The Balaban J connectivity index is 1.73. The summed E-state index contributed by atoms with van der Waals surface area (Å²) in [6.07, 6.45) is 3.99. The molecule has 0 aromatic carbocycles. The van der Waals surface area contributed by atoms with Crippen LogP contribution in [0.5, 0.6) is 0 Å². The van der Waals surface area contributed by atoms with Crippen molar-refractivity contribution >= 4 is 11.8 Å². The number of amides is 2. The summed E-state index contributed by atoms with van der Waals surface area (Å²) in [4.78, 5) is 25.4. The second kappa shape index (κ2) is 4.26. The van der Waals surface area contributed by atoms with Gasteiger partial charge in [-0.25, -0.2) is 0 Å². The summed E-state index contributed by atoms with van der Waals surface area (Å²) >= 11 is 0. The molecule has 2 N–H and O–H groups in total. The Morgan fingerprint density at radius 1 is 1.25 bits per heavy atom. The van der Waals surface area contributed by atoms with E-state index in [1.54, 1.807) is 14.1 Å². The number of nitrogens with one attached hydrogen (secondary N) is 2. The number of carbonyl (C=O) groups excluding carboxylic acids is 2. The first-order valence-corrected chi connectivity index (χ1v) is 6.77. The fourth-order valence-corrected chi connectivity index (χ4v) is 3.62. The summed E-state index contributed by atoms with van der Waals surface area (Å²) in [5, 5.41) is 17.0. The van der Waals surface area contributed by atoms with E-state index < -0.39 is 0 Å². The Labute approximate surface area is 116 Å². The second-order valence-electron chi connectivity index (χ2n) is 5.87. The van der Waals surface area contributed by atoms with Crippen molar-refractivity contribution in [3.63, 3.8) is 0 Å². The molecule has 20 heavy (non-hydrogen) atoms. The molecule has 2 bridgehead atoms. The molecule has 8 heteroatoms. The molecule has 1 aromatic heterocycles. The van der Waals surface area contributed by atoms with Crippen molar-refractivity contribution in [3.05, 3.63) is 5.82 Å². The standard InChI is InChI=1S/C12H18N6O2/c1-13-10(20)11-3-5-12(7-11,6-4-11)14-9(19)8-15-17-18(2)16-8/h3-7H2,1-2H3,(H,13,20)(H,14,19). The number of aryl methyl sites for hydroxylation is 1. The highest BCUT2D eigenvalue weighted by Gasteiger charge is 2.58. The molecule has 2 amide bonds. The molecule has 0 atom stereocenters. The van der Waals surface area contributed by atoms with E-state index in [-0.39, 0.29) is 28.6 Å². The summed E-state index contributed by atoms with van der Waals surface area (Å²) in [5.41, 5.74) is -0.597. The molecule has 0 spiro atoms. The van der Waals surface area contributed by atoms with E-state index in [0.29, 0.717) is 6.42 Å². The molecule has 1 heterocycles. The molecule has 2 aliphatic rings. The van der Waals surface area contributed by atoms with Crippen LogP contribution < -0.4 is 10.6 Å². The predicted molar refractivity (Wildman–Crippen MR) is 68.6 cm³/mol. The number of aromatic nitrogens is 4. The minimum Gasteiger partial charge on any atom is -0.359 e. The fourth-order valence-electron chi connectivity index (χ4n) is 3.62. The Hall–Kier alpha value is -1.99. The third kappa shape index (κ3) is 1.86. The van der Waals surface area contributed by atoms with Crippen LogP contribution in [-0.2, 0) is 11.8 Å². The largest absolute Gasteiger partial charge is 0.359 e. The van der Waals surface area contributed by atoms with Crippen LogP contribution in [0.25, 0.3) is 0 Å². The van der Waals surface area contributed by atoms with Gasteiger partial charge in [0.1, 0.15) is 0 Å². The SMILES string of the molecule is CNC(=O)C12CCC(NC(=O)c3nnn(C)n3)(CC1)C2. The molecule has 0 aliphatic heterocycles. The van der Waals surface area contributed by atoms with E-state index in [0.717, 1.165) is 25.7 Å². The van der Waals surface area contributed by atoms with Crippen LogP contribution in [0.3, 0.4) is 0 Å². The lowest BCUT2D eigenvalue weighted by atomic mass is 9.83. The summed E-state index contributed by atoms with van der Waals surface area (Å²) in [6, 6.07) is 0. The number of hydrogen-bond acceptors (Lipinski definition) is 5. The van der Waals surface area contributed by atoms with E-state index in [1.165, 1.54) is 4.80 Å². The molecule has 108 valence electrons. The van der Waals surface area contributed by atoms with Crippen LogP contribution in [0, 0.1) is 5.41 Å². The smallest absolute Gasteiger partial charge is 0.293 e. The molecule has 3 rings (SSSR count). The number of tetrazole rings is 1. The lowest BCUT2D eigenvalue weighted by Crippen LogP contribution is -2.45. The van der Waals surface area contributed by atoms with Gasteiger partial charge in [-0.2, -0.15) is 4.80 Å². The van der Waals surface area contributed by atoms with Crippen LogP contribution in [0.15, 0.2) is 0 Å². The average Bonchev–Trinajstić information content (AvgIpc) is 3.11. The average molecular weight is 278 g/mol. The monoisotopic (exact) mass is 278 g/mol. The highest BCUT2D eigenvalue weighted by Crippen LogP contribution is 2.56. The topological polar surface area (TPSA) is 102 Å². The lowest BCUT2D eigenvalue weighted by Gasteiger charge is -2.27. The molecule has 0 radical (unpaired) electrons. The Bertz CT molecular complexity index is 558. The minimum atomic E-state index is -0.312. The molecule has 0 saturated heterocycles. The lowest BCUT2D eigenvalue weighted by molar-refractivity contribution is -0.130. The maximum absolute atomic E-state index is 12.2. The number of nitrogens with zero attached hydrogens (tertiary/aromatic N) is 4. The zero-order valence-electron chi connectivity index (χ0n) is 11.6. The van der Waals surface area contributed by atoms with Crippen molar-refractivity contribution in [1.29, 1.82) is 0 Å². The van der Waals surface area contributed by atoms with Gasteiger partial charge in [0.25, 0.3) is 11.7 Å². The van der Waals surface area contributed by atoms with Crippen molar-refractivity contribution in [2.45, 2.75) is 37.6 Å². The first-order valence-electron chi connectivity index (χ1n) is 6.77. The van der Waals surface area contributed by atoms with Gasteiger partial charge >= 0.3 is 0 Å². The summed E-state index contributed by atoms with van der Waals surface area (Å²) in [6.45, 7) is 0. The van der Waals surface area contributed by atoms with E-state index in [2.05, 4.69) is 26.0 Å². The van der Waals surface area contributed by atoms with Crippen LogP contribution in [-0.4, -0.2) is 44.6 Å². The van der Waals surface area contributed by atoms with Crippen molar-refractivity contribution in [2.24, 2.45) is 12.5 Å². The van der Waals surface area contributed by atoms with Gasteiger partial charge in [-0.1, -0.05) is 0 Å². The van der Waals surface area contributed by atoms with E-state index in [4.69, 9.17) is 0 Å². The van der Waals surface area contributed by atoms with Gasteiger partial charge in [0, 0.05) is 12.6 Å². The van der Waals surface area contributed by atoms with Gasteiger partial charge in [-0.05, 0) is 37.3 Å². The van der Waals surface area contributed by atoms with E-state index in [9.17, 15) is 9.59 Å². The van der Waals surface area contributed by atoms with Crippen molar-refractivity contribution in [2.75, 3.05) is 7.05 Å². The second-order valence-corrected chi connectivity index (χ2v) is 5.87. The van der Waals surface area contributed by atoms with Crippen LogP contribution in [0.4, 0.5) is 0 Å². The highest BCUT2D eigenvalue weighted by molar-refractivity contribution is 5.91. The third-order valence-corrected chi connectivity index (χ3v) is 4.64. The first-order chi connectivity index (χ1) is 9.49. The Kier molecular flexibility index (Phi) is 2.77. The maximum atomic E-state index is 12.2. The quantitative estimate of drug-likeness (QED) is 0.768. The predicted octanol–water partition coefficient (Wildman–Crippen LogP) is -0.611. The van der Waals surface area contributed by atoms with Gasteiger partial charge in [0.2, 0.25) is 5.91 Å². The molecule has 0 unspecified atom stereocenters. The molecule has 8 nitrogen and oxygen atoms in total. The Morgan fingerprint density at radius 3 is 2.50 bits per heavy atom. The first kappa shape index (κ1) is 13.0. The van der Waals surface area contributed by atoms with Gasteiger partial charge in [-0.15, -0.1) is 10.2 Å². The van der Waals surface area contributed by atoms with Crippen LogP contribution in [0.1, 0.15) is 42.7 Å². The number of fused-ring (bicyclic) bond motifs is 2. The summed E-state index contributed by atoms with van der Waals surface area (Å²) < 4.78 is 0. The van der Waals surface area contributed by atoms with E-state index in [1.807, 2.05) is 0 Å². The number of hydrogen-bond donors (Lipinski definition) is 2. The van der Waals surface area contributed by atoms with Crippen molar-refractivity contribution in [3.8, 4) is 0 Å². The zero-order chi connectivity index (χ0) is 14.4. The molecule has 2 fully saturated rings. The number of rotatable bonds is 3. The molecule has 2 saturated carbocycles. The van der Waals surface area contributed by atoms with Crippen LogP contribution in [0.2, 0.25) is 0 Å².